The van der Waals surface area contributed by atoms with Gasteiger partial charge in [-0.25, -0.2) is 9.97 Å². The van der Waals surface area contributed by atoms with Gasteiger partial charge in [-0.15, -0.1) is 0 Å². The van der Waals surface area contributed by atoms with E-state index in [1.165, 1.54) is 0 Å². The van der Waals surface area contributed by atoms with Gasteiger partial charge in [0.05, 0.1) is 9.26 Å². The first-order valence-electron chi connectivity index (χ1n) is 5.68. The number of aryl methyl sites for hydroxylation is 3. The molecule has 0 aliphatic carbocycles. The van der Waals surface area contributed by atoms with Crippen molar-refractivity contribution in [1.82, 2.24) is 15.0 Å². The number of halogens is 2. The molecular weight excluding hydrogens is 361 g/mol. The molecule has 2 rings (SSSR count). The molecule has 0 amide bonds. The van der Waals surface area contributed by atoms with Gasteiger partial charge in [-0.3, -0.25) is 4.98 Å². The van der Waals surface area contributed by atoms with Crippen molar-refractivity contribution in [2.24, 2.45) is 0 Å². The van der Waals surface area contributed by atoms with Crippen LogP contribution in [0, 0.1) is 17.4 Å². The van der Waals surface area contributed by atoms with Crippen LogP contribution in [0.3, 0.4) is 0 Å². The standard InChI is InChI=1S/C13H13ClIN3/c1-4-10-11(15)12(14)18-13(17-10)9-5-7(2)16-8(3)6-9/h5-6H,4H2,1-3H3. The van der Waals surface area contributed by atoms with Crippen LogP contribution in [0.1, 0.15) is 24.0 Å². The fraction of sp³-hybridized carbons (Fsp3) is 0.308. The SMILES string of the molecule is CCc1nc(-c2cc(C)nc(C)c2)nc(Cl)c1I. The van der Waals surface area contributed by atoms with Crippen LogP contribution in [-0.4, -0.2) is 15.0 Å². The molecule has 0 saturated carbocycles. The van der Waals surface area contributed by atoms with Crippen LogP contribution < -0.4 is 0 Å². The van der Waals surface area contributed by atoms with E-state index < -0.39 is 0 Å². The van der Waals surface area contributed by atoms with Crippen molar-refractivity contribution in [3.05, 3.63) is 37.9 Å². The van der Waals surface area contributed by atoms with Gasteiger partial charge in [-0.05, 0) is 55.0 Å². The maximum absolute atomic E-state index is 6.15. The molecule has 2 heterocycles. The van der Waals surface area contributed by atoms with Crippen LogP contribution in [0.2, 0.25) is 5.15 Å². The van der Waals surface area contributed by atoms with Gasteiger partial charge in [0, 0.05) is 17.0 Å². The number of pyridine rings is 1. The smallest absolute Gasteiger partial charge is 0.161 e. The van der Waals surface area contributed by atoms with Crippen molar-refractivity contribution in [2.45, 2.75) is 27.2 Å². The first-order valence-corrected chi connectivity index (χ1v) is 7.14. The first kappa shape index (κ1) is 13.7. The fourth-order valence-corrected chi connectivity index (χ4v) is 2.60. The topological polar surface area (TPSA) is 38.7 Å². The second-order valence-corrected chi connectivity index (χ2v) is 5.53. The lowest BCUT2D eigenvalue weighted by atomic mass is 10.2. The highest BCUT2D eigenvalue weighted by Crippen LogP contribution is 2.24. The van der Waals surface area contributed by atoms with Crippen LogP contribution in [0.4, 0.5) is 0 Å². The zero-order valence-electron chi connectivity index (χ0n) is 10.5. The summed E-state index contributed by atoms with van der Waals surface area (Å²) in [5.41, 5.74) is 3.87. The highest BCUT2D eigenvalue weighted by atomic mass is 127. The minimum atomic E-state index is 0.518. The van der Waals surface area contributed by atoms with Crippen molar-refractivity contribution < 1.29 is 0 Å². The van der Waals surface area contributed by atoms with E-state index in [1.807, 2.05) is 26.0 Å². The lowest BCUT2D eigenvalue weighted by Gasteiger charge is -2.08. The Labute approximate surface area is 125 Å². The van der Waals surface area contributed by atoms with E-state index in [-0.39, 0.29) is 0 Å². The summed E-state index contributed by atoms with van der Waals surface area (Å²) in [6.07, 6.45) is 0.844. The average molecular weight is 374 g/mol. The largest absolute Gasteiger partial charge is 0.258 e. The van der Waals surface area contributed by atoms with Crippen molar-refractivity contribution >= 4 is 34.2 Å². The van der Waals surface area contributed by atoms with Gasteiger partial charge in [0.1, 0.15) is 5.15 Å². The Hall–Kier alpha value is -0.750. The van der Waals surface area contributed by atoms with Crippen LogP contribution in [0.5, 0.6) is 0 Å². The van der Waals surface area contributed by atoms with E-state index in [2.05, 4.69) is 44.5 Å². The van der Waals surface area contributed by atoms with Gasteiger partial charge < -0.3 is 0 Å². The highest BCUT2D eigenvalue weighted by Gasteiger charge is 2.11. The van der Waals surface area contributed by atoms with Gasteiger partial charge in [-0.1, -0.05) is 18.5 Å². The summed E-state index contributed by atoms with van der Waals surface area (Å²) in [6, 6.07) is 3.95. The fourth-order valence-electron chi connectivity index (χ4n) is 1.79. The van der Waals surface area contributed by atoms with Gasteiger partial charge in [0.15, 0.2) is 5.82 Å². The maximum atomic E-state index is 6.15. The van der Waals surface area contributed by atoms with Gasteiger partial charge >= 0.3 is 0 Å². The number of hydrogen-bond acceptors (Lipinski definition) is 3. The molecule has 0 aliphatic rings. The Bertz CT molecular complexity index is 579. The summed E-state index contributed by atoms with van der Waals surface area (Å²) in [4.78, 5) is 13.3. The molecule has 0 spiro atoms. The van der Waals surface area contributed by atoms with E-state index in [0.717, 1.165) is 32.6 Å². The predicted molar refractivity (Wildman–Crippen MR) is 81.8 cm³/mol. The van der Waals surface area contributed by atoms with Crippen LogP contribution in [-0.2, 0) is 6.42 Å². The lowest BCUT2D eigenvalue weighted by molar-refractivity contribution is 0.986. The summed E-state index contributed by atoms with van der Waals surface area (Å²) >= 11 is 8.34. The zero-order chi connectivity index (χ0) is 13.3. The van der Waals surface area contributed by atoms with Gasteiger partial charge in [0.2, 0.25) is 0 Å². The quantitative estimate of drug-likeness (QED) is 0.590. The second kappa shape index (κ2) is 5.48. The number of hydrogen-bond donors (Lipinski definition) is 0. The van der Waals surface area contributed by atoms with Crippen LogP contribution >= 0.6 is 34.2 Å². The van der Waals surface area contributed by atoms with E-state index in [0.29, 0.717) is 11.0 Å². The van der Waals surface area contributed by atoms with Crippen molar-refractivity contribution in [2.75, 3.05) is 0 Å². The molecule has 0 atom stereocenters. The first-order chi connectivity index (χ1) is 8.51. The van der Waals surface area contributed by atoms with E-state index in [4.69, 9.17) is 11.6 Å². The monoisotopic (exact) mass is 373 g/mol. The minimum Gasteiger partial charge on any atom is -0.258 e. The third-order valence-corrected chi connectivity index (χ3v) is 4.28. The van der Waals surface area contributed by atoms with Crippen molar-refractivity contribution in [1.29, 1.82) is 0 Å². The van der Waals surface area contributed by atoms with Crippen molar-refractivity contribution in [3.63, 3.8) is 0 Å². The molecule has 0 N–H and O–H groups in total. The summed E-state index contributed by atoms with van der Waals surface area (Å²) in [5.74, 6) is 0.672. The van der Waals surface area contributed by atoms with Crippen molar-refractivity contribution in [3.8, 4) is 11.4 Å². The van der Waals surface area contributed by atoms with Crippen LogP contribution in [0.25, 0.3) is 11.4 Å². The highest BCUT2D eigenvalue weighted by molar-refractivity contribution is 14.1. The molecule has 94 valence electrons. The maximum Gasteiger partial charge on any atom is 0.161 e. The van der Waals surface area contributed by atoms with Gasteiger partial charge in [0.25, 0.3) is 0 Å². The van der Waals surface area contributed by atoms with E-state index in [1.54, 1.807) is 0 Å². The zero-order valence-corrected chi connectivity index (χ0v) is 13.4. The Morgan fingerprint density at radius 3 is 2.28 bits per heavy atom. The third kappa shape index (κ3) is 2.80. The Morgan fingerprint density at radius 1 is 1.11 bits per heavy atom. The number of nitrogens with zero attached hydrogens (tertiary/aromatic N) is 3. The molecule has 18 heavy (non-hydrogen) atoms. The molecule has 0 saturated heterocycles. The molecule has 2 aromatic rings. The number of aromatic nitrogens is 3. The summed E-state index contributed by atoms with van der Waals surface area (Å²) < 4.78 is 0.933. The molecule has 3 nitrogen and oxygen atoms in total. The summed E-state index contributed by atoms with van der Waals surface area (Å²) in [5, 5.41) is 0.518. The molecule has 0 unspecified atom stereocenters. The predicted octanol–water partition coefficient (Wildman–Crippen LogP) is 3.98. The normalized spacial score (nSPS) is 10.7. The Balaban J connectivity index is 2.60. The summed E-state index contributed by atoms with van der Waals surface area (Å²) in [6.45, 7) is 5.99. The molecule has 5 heteroatoms. The third-order valence-electron chi connectivity index (χ3n) is 2.55. The average Bonchev–Trinajstić information content (AvgIpc) is 2.31. The Kier molecular flexibility index (Phi) is 4.17. The van der Waals surface area contributed by atoms with E-state index >= 15 is 0 Å². The molecule has 0 aromatic carbocycles. The molecule has 0 fully saturated rings. The van der Waals surface area contributed by atoms with Crippen LogP contribution in [0.15, 0.2) is 12.1 Å². The van der Waals surface area contributed by atoms with Gasteiger partial charge in [-0.2, -0.15) is 0 Å². The minimum absolute atomic E-state index is 0.518. The molecule has 2 aromatic heterocycles. The molecule has 0 radical (unpaired) electrons. The Morgan fingerprint density at radius 2 is 1.72 bits per heavy atom. The second-order valence-electron chi connectivity index (χ2n) is 4.09. The molecule has 0 bridgehead atoms. The number of rotatable bonds is 2. The molecular formula is C13H13ClIN3. The summed E-state index contributed by atoms with van der Waals surface area (Å²) in [7, 11) is 0. The molecule has 0 aliphatic heterocycles. The lowest BCUT2D eigenvalue weighted by Crippen LogP contribution is -2.00. The van der Waals surface area contributed by atoms with E-state index in [9.17, 15) is 0 Å².